The lowest BCUT2D eigenvalue weighted by Gasteiger charge is -2.13. The minimum Gasteiger partial charge on any atom is -0.469 e. The number of nitrogens with one attached hydrogen (secondary N) is 1. The number of rotatable bonds is 5. The molecule has 0 aliphatic carbocycles. The van der Waals surface area contributed by atoms with Crippen LogP contribution in [-0.4, -0.2) is 6.04 Å². The van der Waals surface area contributed by atoms with Crippen molar-refractivity contribution in [3.63, 3.8) is 0 Å². The summed E-state index contributed by atoms with van der Waals surface area (Å²) in [5.74, 6) is 1.00. The van der Waals surface area contributed by atoms with Crippen LogP contribution in [-0.2, 0) is 13.0 Å². The Bertz CT molecular complexity index is 499. The Balaban J connectivity index is 1.89. The van der Waals surface area contributed by atoms with E-state index in [2.05, 4.69) is 28.2 Å². The van der Waals surface area contributed by atoms with E-state index < -0.39 is 0 Å². The molecule has 0 radical (unpaired) electrons. The summed E-state index contributed by atoms with van der Waals surface area (Å²) >= 11 is 9.51. The molecule has 1 atom stereocenters. The lowest BCUT2D eigenvalue weighted by Crippen LogP contribution is -2.27. The Labute approximate surface area is 120 Å². The summed E-state index contributed by atoms with van der Waals surface area (Å²) in [7, 11) is 0. The SMILES string of the molecule is CC(Cc1ccco1)NCc1cc(Cl)ccc1Br. The monoisotopic (exact) mass is 327 g/mol. The molecule has 1 aromatic carbocycles. The third-order valence-corrected chi connectivity index (χ3v) is 3.74. The molecule has 0 saturated heterocycles. The van der Waals surface area contributed by atoms with Crippen LogP contribution in [0.1, 0.15) is 18.2 Å². The van der Waals surface area contributed by atoms with Gasteiger partial charge in [-0.25, -0.2) is 0 Å². The van der Waals surface area contributed by atoms with Gasteiger partial charge in [-0.15, -0.1) is 0 Å². The van der Waals surface area contributed by atoms with E-state index in [-0.39, 0.29) is 0 Å². The zero-order valence-electron chi connectivity index (χ0n) is 10.1. The van der Waals surface area contributed by atoms with Gasteiger partial charge in [-0.05, 0) is 42.8 Å². The molecule has 4 heteroatoms. The normalized spacial score (nSPS) is 12.6. The van der Waals surface area contributed by atoms with E-state index in [4.69, 9.17) is 16.0 Å². The van der Waals surface area contributed by atoms with Crippen molar-refractivity contribution in [2.75, 3.05) is 0 Å². The summed E-state index contributed by atoms with van der Waals surface area (Å²) in [6.07, 6.45) is 2.58. The first-order valence-electron chi connectivity index (χ1n) is 5.85. The van der Waals surface area contributed by atoms with Gasteiger partial charge < -0.3 is 9.73 Å². The average molecular weight is 329 g/mol. The fraction of sp³-hybridized carbons (Fsp3) is 0.286. The van der Waals surface area contributed by atoms with Gasteiger partial charge in [-0.1, -0.05) is 27.5 Å². The highest BCUT2D eigenvalue weighted by Gasteiger charge is 2.07. The van der Waals surface area contributed by atoms with E-state index in [9.17, 15) is 0 Å². The second kappa shape index (κ2) is 6.41. The summed E-state index contributed by atoms with van der Waals surface area (Å²) in [4.78, 5) is 0. The topological polar surface area (TPSA) is 25.2 Å². The lowest BCUT2D eigenvalue weighted by molar-refractivity contribution is 0.456. The number of hydrogen-bond acceptors (Lipinski definition) is 2. The van der Waals surface area contributed by atoms with E-state index in [0.29, 0.717) is 6.04 Å². The van der Waals surface area contributed by atoms with Gasteiger partial charge in [0.1, 0.15) is 5.76 Å². The van der Waals surface area contributed by atoms with Crippen LogP contribution in [0.4, 0.5) is 0 Å². The highest BCUT2D eigenvalue weighted by molar-refractivity contribution is 9.10. The quantitative estimate of drug-likeness (QED) is 0.879. The first-order valence-corrected chi connectivity index (χ1v) is 7.02. The minimum atomic E-state index is 0.349. The van der Waals surface area contributed by atoms with Gasteiger partial charge in [-0.2, -0.15) is 0 Å². The van der Waals surface area contributed by atoms with Gasteiger partial charge in [0.15, 0.2) is 0 Å². The van der Waals surface area contributed by atoms with Gasteiger partial charge in [0, 0.05) is 28.5 Å². The zero-order valence-corrected chi connectivity index (χ0v) is 12.5. The molecule has 2 nitrogen and oxygen atoms in total. The highest BCUT2D eigenvalue weighted by atomic mass is 79.9. The van der Waals surface area contributed by atoms with E-state index in [1.165, 1.54) is 0 Å². The summed E-state index contributed by atoms with van der Waals surface area (Å²) in [6, 6.07) is 10.1. The first kappa shape index (κ1) is 13.7. The smallest absolute Gasteiger partial charge is 0.105 e. The van der Waals surface area contributed by atoms with Crippen molar-refractivity contribution in [1.29, 1.82) is 0 Å². The Morgan fingerprint density at radius 3 is 2.94 bits per heavy atom. The van der Waals surface area contributed by atoms with Crippen LogP contribution in [0.2, 0.25) is 5.02 Å². The molecule has 96 valence electrons. The van der Waals surface area contributed by atoms with Crippen molar-refractivity contribution < 1.29 is 4.42 Å². The molecule has 0 spiro atoms. The number of halogens is 2. The summed E-state index contributed by atoms with van der Waals surface area (Å²) in [5.41, 5.74) is 1.16. The van der Waals surface area contributed by atoms with Crippen LogP contribution in [0, 0.1) is 0 Å². The predicted octanol–water partition coefficient (Wildman–Crippen LogP) is 4.42. The second-order valence-corrected chi connectivity index (χ2v) is 5.59. The van der Waals surface area contributed by atoms with E-state index >= 15 is 0 Å². The highest BCUT2D eigenvalue weighted by Crippen LogP contribution is 2.21. The van der Waals surface area contributed by atoms with Gasteiger partial charge in [0.25, 0.3) is 0 Å². The molecule has 1 heterocycles. The van der Waals surface area contributed by atoms with Crippen molar-refractivity contribution in [3.05, 3.63) is 57.4 Å². The van der Waals surface area contributed by atoms with E-state index in [1.807, 2.05) is 30.3 Å². The van der Waals surface area contributed by atoms with Crippen LogP contribution in [0.5, 0.6) is 0 Å². The maximum Gasteiger partial charge on any atom is 0.105 e. The molecular formula is C14H15BrClNO. The first-order chi connectivity index (χ1) is 8.65. The molecule has 0 amide bonds. The van der Waals surface area contributed by atoms with Gasteiger partial charge >= 0.3 is 0 Å². The minimum absolute atomic E-state index is 0.349. The Morgan fingerprint density at radius 2 is 2.22 bits per heavy atom. The average Bonchev–Trinajstić information content (AvgIpc) is 2.83. The molecule has 2 rings (SSSR count). The van der Waals surface area contributed by atoms with Crippen molar-refractivity contribution in [1.82, 2.24) is 5.32 Å². The van der Waals surface area contributed by atoms with Gasteiger partial charge in [0.05, 0.1) is 6.26 Å². The molecule has 2 aromatic rings. The maximum atomic E-state index is 5.98. The third kappa shape index (κ3) is 3.87. The fourth-order valence-electron chi connectivity index (χ4n) is 1.77. The molecule has 1 N–H and O–H groups in total. The predicted molar refractivity (Wildman–Crippen MR) is 77.9 cm³/mol. The fourth-order valence-corrected chi connectivity index (χ4v) is 2.35. The number of furan rings is 1. The molecule has 1 aromatic heterocycles. The zero-order chi connectivity index (χ0) is 13.0. The molecular weight excluding hydrogens is 314 g/mol. The molecule has 0 aliphatic rings. The summed E-state index contributed by atoms with van der Waals surface area (Å²) < 4.78 is 6.40. The standard InChI is InChI=1S/C14H15BrClNO/c1-10(7-13-3-2-6-18-13)17-9-11-8-12(16)4-5-14(11)15/h2-6,8,10,17H,7,9H2,1H3. The van der Waals surface area contributed by atoms with Crippen LogP contribution < -0.4 is 5.32 Å². The van der Waals surface area contributed by atoms with Crippen molar-refractivity contribution in [3.8, 4) is 0 Å². The van der Waals surface area contributed by atoms with E-state index in [1.54, 1.807) is 6.26 Å². The largest absolute Gasteiger partial charge is 0.469 e. The molecule has 1 unspecified atom stereocenters. The van der Waals surface area contributed by atoms with Crippen LogP contribution >= 0.6 is 27.5 Å². The second-order valence-electron chi connectivity index (χ2n) is 4.30. The summed E-state index contributed by atoms with van der Waals surface area (Å²) in [6.45, 7) is 2.92. The Morgan fingerprint density at radius 1 is 1.39 bits per heavy atom. The molecule has 0 saturated carbocycles. The molecule has 0 fully saturated rings. The van der Waals surface area contributed by atoms with Crippen LogP contribution in [0.25, 0.3) is 0 Å². The summed E-state index contributed by atoms with van der Waals surface area (Å²) in [5, 5.41) is 4.21. The Hall–Kier alpha value is -0.770. The molecule has 18 heavy (non-hydrogen) atoms. The lowest BCUT2D eigenvalue weighted by atomic mass is 10.1. The van der Waals surface area contributed by atoms with Crippen molar-refractivity contribution in [2.45, 2.75) is 25.9 Å². The third-order valence-electron chi connectivity index (χ3n) is 2.74. The van der Waals surface area contributed by atoms with Crippen molar-refractivity contribution >= 4 is 27.5 Å². The van der Waals surface area contributed by atoms with Gasteiger partial charge in [0.2, 0.25) is 0 Å². The maximum absolute atomic E-state index is 5.98. The molecule has 0 bridgehead atoms. The van der Waals surface area contributed by atoms with Crippen molar-refractivity contribution in [2.24, 2.45) is 0 Å². The molecule has 0 aliphatic heterocycles. The van der Waals surface area contributed by atoms with Gasteiger partial charge in [-0.3, -0.25) is 0 Å². The van der Waals surface area contributed by atoms with E-state index in [0.717, 1.165) is 33.8 Å². The van der Waals surface area contributed by atoms with Crippen LogP contribution in [0.15, 0.2) is 45.5 Å². The van der Waals surface area contributed by atoms with Crippen LogP contribution in [0.3, 0.4) is 0 Å². The number of hydrogen-bond donors (Lipinski definition) is 1. The number of benzene rings is 1. The Kier molecular flexibility index (Phi) is 4.87.